The Hall–Kier alpha value is -1.77. The van der Waals surface area contributed by atoms with Gasteiger partial charge in [0.2, 0.25) is 0 Å². The van der Waals surface area contributed by atoms with E-state index in [1.807, 2.05) is 0 Å². The molecule has 0 amide bonds. The molecule has 3 nitrogen and oxygen atoms in total. The van der Waals surface area contributed by atoms with Gasteiger partial charge >= 0.3 is 0 Å². The van der Waals surface area contributed by atoms with Crippen LogP contribution in [0, 0.1) is 0 Å². The first-order chi connectivity index (χ1) is 10.1. The van der Waals surface area contributed by atoms with E-state index >= 15 is 0 Å². The van der Waals surface area contributed by atoms with Gasteiger partial charge < -0.3 is 10.3 Å². The van der Waals surface area contributed by atoms with Crippen LogP contribution < -0.4 is 5.73 Å². The van der Waals surface area contributed by atoms with Gasteiger partial charge in [-0.1, -0.05) is 38.1 Å². The molecular formula is C18H23N3. The average Bonchev–Trinajstić information content (AvgIpc) is 3.37. The normalized spacial score (nSPS) is 18.4. The van der Waals surface area contributed by atoms with Crippen molar-refractivity contribution < 1.29 is 0 Å². The number of aromatic nitrogens is 2. The summed E-state index contributed by atoms with van der Waals surface area (Å²) in [5.74, 6) is 3.31. The lowest BCUT2D eigenvalue weighted by Gasteiger charge is -2.08. The van der Waals surface area contributed by atoms with E-state index in [1.54, 1.807) is 0 Å². The van der Waals surface area contributed by atoms with E-state index in [0.29, 0.717) is 17.9 Å². The number of nitrogens with two attached hydrogens (primary N) is 1. The molecule has 2 aliphatic carbocycles. The standard InChI is InChI=1S/C18H23N3/c1-11(2)12-3-5-13(6-4-12)16-17(19)21(15-9-10-15)18(20-16)14-7-8-14/h3-6,11,14-15H,7-10,19H2,1-2H3. The molecule has 4 rings (SSSR count). The SMILES string of the molecule is CC(C)c1ccc(-c2nc(C3CC3)n(C3CC3)c2N)cc1. The van der Waals surface area contributed by atoms with E-state index in [0.717, 1.165) is 17.1 Å². The van der Waals surface area contributed by atoms with Crippen molar-refractivity contribution in [1.82, 2.24) is 9.55 Å². The lowest BCUT2D eigenvalue weighted by atomic mass is 10.0. The Labute approximate surface area is 126 Å². The van der Waals surface area contributed by atoms with Crippen molar-refractivity contribution in [3.63, 3.8) is 0 Å². The van der Waals surface area contributed by atoms with E-state index in [2.05, 4.69) is 42.7 Å². The van der Waals surface area contributed by atoms with Gasteiger partial charge in [0.1, 0.15) is 17.3 Å². The highest BCUT2D eigenvalue weighted by Gasteiger charge is 2.36. The van der Waals surface area contributed by atoms with Crippen molar-refractivity contribution in [1.29, 1.82) is 0 Å². The van der Waals surface area contributed by atoms with Crippen LogP contribution in [0.15, 0.2) is 24.3 Å². The summed E-state index contributed by atoms with van der Waals surface area (Å²) in [5, 5.41) is 0. The fourth-order valence-electron chi connectivity index (χ4n) is 3.05. The number of benzene rings is 1. The van der Waals surface area contributed by atoms with Gasteiger partial charge in [-0.15, -0.1) is 0 Å². The van der Waals surface area contributed by atoms with Crippen molar-refractivity contribution in [2.75, 3.05) is 5.73 Å². The number of nitrogen functional groups attached to an aromatic ring is 1. The molecule has 110 valence electrons. The molecule has 1 heterocycles. The highest BCUT2D eigenvalue weighted by molar-refractivity contribution is 5.71. The molecule has 2 saturated carbocycles. The molecule has 0 atom stereocenters. The minimum Gasteiger partial charge on any atom is -0.383 e. The molecule has 1 aromatic heterocycles. The number of hydrogen-bond donors (Lipinski definition) is 1. The summed E-state index contributed by atoms with van der Waals surface area (Å²) >= 11 is 0. The molecule has 3 heteroatoms. The molecule has 0 aliphatic heterocycles. The predicted molar refractivity (Wildman–Crippen MR) is 86.4 cm³/mol. The number of anilines is 1. The maximum absolute atomic E-state index is 6.44. The van der Waals surface area contributed by atoms with Crippen LogP contribution in [0.3, 0.4) is 0 Å². The third-order valence-electron chi connectivity index (χ3n) is 4.68. The maximum atomic E-state index is 6.44. The highest BCUT2D eigenvalue weighted by Crippen LogP contribution is 2.48. The molecule has 0 bridgehead atoms. The number of imidazole rings is 1. The predicted octanol–water partition coefficient (Wildman–Crippen LogP) is 4.47. The van der Waals surface area contributed by atoms with Gasteiger partial charge in [0.05, 0.1) is 0 Å². The first kappa shape index (κ1) is 12.9. The lowest BCUT2D eigenvalue weighted by molar-refractivity contribution is 0.691. The Morgan fingerprint density at radius 2 is 1.76 bits per heavy atom. The summed E-state index contributed by atoms with van der Waals surface area (Å²) in [4.78, 5) is 4.92. The van der Waals surface area contributed by atoms with Crippen molar-refractivity contribution in [2.45, 2.75) is 57.4 Å². The quantitative estimate of drug-likeness (QED) is 0.898. The lowest BCUT2D eigenvalue weighted by Crippen LogP contribution is -2.04. The topological polar surface area (TPSA) is 43.8 Å². The molecule has 0 unspecified atom stereocenters. The van der Waals surface area contributed by atoms with E-state index in [1.165, 1.54) is 37.1 Å². The Balaban J connectivity index is 1.75. The smallest absolute Gasteiger partial charge is 0.132 e. The van der Waals surface area contributed by atoms with E-state index in [-0.39, 0.29) is 0 Å². The zero-order valence-electron chi connectivity index (χ0n) is 12.8. The fraction of sp³-hybridized carbons (Fsp3) is 0.500. The summed E-state index contributed by atoms with van der Waals surface area (Å²) in [6, 6.07) is 9.35. The van der Waals surface area contributed by atoms with Crippen LogP contribution in [-0.4, -0.2) is 9.55 Å². The van der Waals surface area contributed by atoms with Gasteiger partial charge in [-0.05, 0) is 37.2 Å². The van der Waals surface area contributed by atoms with Crippen LogP contribution in [-0.2, 0) is 0 Å². The molecule has 1 aromatic carbocycles. The Morgan fingerprint density at radius 3 is 2.29 bits per heavy atom. The summed E-state index contributed by atoms with van der Waals surface area (Å²) < 4.78 is 2.32. The molecule has 2 aliphatic rings. The average molecular weight is 281 g/mol. The van der Waals surface area contributed by atoms with Crippen LogP contribution in [0.25, 0.3) is 11.3 Å². The maximum Gasteiger partial charge on any atom is 0.132 e. The molecule has 0 spiro atoms. The van der Waals surface area contributed by atoms with Crippen molar-refractivity contribution in [2.24, 2.45) is 0 Å². The van der Waals surface area contributed by atoms with Crippen molar-refractivity contribution in [3.05, 3.63) is 35.7 Å². The van der Waals surface area contributed by atoms with Crippen LogP contribution in [0.2, 0.25) is 0 Å². The molecular weight excluding hydrogens is 258 g/mol. The third-order valence-corrected chi connectivity index (χ3v) is 4.68. The summed E-state index contributed by atoms with van der Waals surface area (Å²) in [7, 11) is 0. The highest BCUT2D eigenvalue weighted by atomic mass is 15.2. The van der Waals surface area contributed by atoms with Crippen molar-refractivity contribution >= 4 is 5.82 Å². The van der Waals surface area contributed by atoms with Crippen LogP contribution in [0.4, 0.5) is 5.82 Å². The van der Waals surface area contributed by atoms with Gasteiger partial charge in [-0.3, -0.25) is 0 Å². The molecule has 2 fully saturated rings. The number of rotatable bonds is 4. The largest absolute Gasteiger partial charge is 0.383 e. The minimum atomic E-state index is 0.558. The van der Waals surface area contributed by atoms with E-state index in [4.69, 9.17) is 10.7 Å². The number of nitrogens with zero attached hydrogens (tertiary/aromatic N) is 2. The second-order valence-corrected chi connectivity index (χ2v) is 6.86. The van der Waals surface area contributed by atoms with Crippen LogP contribution in [0.5, 0.6) is 0 Å². The van der Waals surface area contributed by atoms with Gasteiger partial charge in [-0.2, -0.15) is 0 Å². The van der Waals surface area contributed by atoms with E-state index in [9.17, 15) is 0 Å². The second-order valence-electron chi connectivity index (χ2n) is 6.86. The van der Waals surface area contributed by atoms with Crippen molar-refractivity contribution in [3.8, 4) is 11.3 Å². The summed E-state index contributed by atoms with van der Waals surface area (Å²) in [5.41, 5.74) is 9.94. The van der Waals surface area contributed by atoms with Gasteiger partial charge in [0.15, 0.2) is 0 Å². The van der Waals surface area contributed by atoms with Gasteiger partial charge in [-0.25, -0.2) is 4.98 Å². The first-order valence-corrected chi connectivity index (χ1v) is 8.13. The number of hydrogen-bond acceptors (Lipinski definition) is 2. The Morgan fingerprint density at radius 1 is 1.10 bits per heavy atom. The van der Waals surface area contributed by atoms with E-state index < -0.39 is 0 Å². The zero-order valence-corrected chi connectivity index (χ0v) is 12.8. The summed E-state index contributed by atoms with van der Waals surface area (Å²) in [6.45, 7) is 4.44. The third kappa shape index (κ3) is 2.25. The Bertz CT molecular complexity index is 659. The van der Waals surface area contributed by atoms with Gasteiger partial charge in [0.25, 0.3) is 0 Å². The molecule has 2 aromatic rings. The molecule has 0 radical (unpaired) electrons. The minimum absolute atomic E-state index is 0.558. The van der Waals surface area contributed by atoms with Gasteiger partial charge in [0, 0.05) is 17.5 Å². The molecule has 21 heavy (non-hydrogen) atoms. The summed E-state index contributed by atoms with van der Waals surface area (Å²) in [6.07, 6.45) is 5.06. The molecule has 0 saturated heterocycles. The second kappa shape index (κ2) is 4.62. The zero-order chi connectivity index (χ0) is 14.6. The van der Waals surface area contributed by atoms with Crippen LogP contribution in [0.1, 0.15) is 68.8 Å². The first-order valence-electron chi connectivity index (χ1n) is 8.13. The fourth-order valence-corrected chi connectivity index (χ4v) is 3.05. The monoisotopic (exact) mass is 281 g/mol. The van der Waals surface area contributed by atoms with Crippen LogP contribution >= 0.6 is 0 Å². The Kier molecular flexibility index (Phi) is 2.84. The molecule has 2 N–H and O–H groups in total.